The van der Waals surface area contributed by atoms with Crippen LogP contribution in [0.5, 0.6) is 0 Å². The molecule has 0 rings (SSSR count). The van der Waals surface area contributed by atoms with E-state index in [-0.39, 0.29) is 0 Å². The van der Waals surface area contributed by atoms with Crippen LogP contribution in [0, 0.1) is 0 Å². The van der Waals surface area contributed by atoms with Gasteiger partial charge in [-0.1, -0.05) is 0 Å². The van der Waals surface area contributed by atoms with E-state index in [9.17, 15) is 0 Å². The van der Waals surface area contributed by atoms with Gasteiger partial charge in [0.05, 0.1) is 0 Å². The van der Waals surface area contributed by atoms with Crippen LogP contribution in [0.3, 0.4) is 0 Å². The zero-order chi connectivity index (χ0) is 4.12. The van der Waals surface area contributed by atoms with Crippen molar-refractivity contribution in [3.63, 3.8) is 0 Å². The summed E-state index contributed by atoms with van der Waals surface area (Å²) in [4.78, 5) is 0. The van der Waals surface area contributed by atoms with Crippen molar-refractivity contribution in [2.45, 2.75) is 13.3 Å². The first kappa shape index (κ1) is 5.40. The second kappa shape index (κ2) is 4.40. The molecule has 0 aliphatic carbocycles. The Balaban J connectivity index is 2.62. The first-order valence-electron chi connectivity index (χ1n) is 1.63. The summed E-state index contributed by atoms with van der Waals surface area (Å²) < 4.78 is 1.91. The molecule has 0 heterocycles. The second-order valence-electron chi connectivity index (χ2n) is 0.749. The molecule has 0 fully saturated rings. The van der Waals surface area contributed by atoms with E-state index in [1.165, 1.54) is 0 Å². The fraction of sp³-hybridized carbons (Fsp3) is 0.500. The van der Waals surface area contributed by atoms with Crippen LogP contribution in [0.2, 0.25) is 0 Å². The molecular weight excluding hydrogens is 154 g/mol. The van der Waals surface area contributed by atoms with Crippen LogP contribution in [0.15, 0.2) is 10.6 Å². The van der Waals surface area contributed by atoms with Gasteiger partial charge in [-0.3, -0.25) is 0 Å². The molecule has 0 N–H and O–H groups in total. The third-order valence-electron chi connectivity index (χ3n) is 0.310. The zero-order valence-electron chi connectivity index (χ0n) is 3.18. The summed E-state index contributed by atoms with van der Waals surface area (Å²) in [5.41, 5.74) is 0. The van der Waals surface area contributed by atoms with E-state index in [2.05, 4.69) is 32.2 Å². The normalized spacial score (nSPS) is 10.2. The Bertz CT molecular complexity index is 30.6. The first-order chi connectivity index (χ1) is 2.41. The summed E-state index contributed by atoms with van der Waals surface area (Å²) in [6, 6.07) is 0. The Morgan fingerprint density at radius 1 is 1.80 bits per heavy atom. The van der Waals surface area contributed by atoms with Gasteiger partial charge in [0, 0.05) is 0 Å². The first-order valence-corrected chi connectivity index (χ1v) is 2.53. The third-order valence-corrected chi connectivity index (χ3v) is 0.677. The van der Waals surface area contributed by atoms with E-state index in [0.29, 0.717) is 0 Å². The van der Waals surface area contributed by atoms with Crippen molar-refractivity contribution in [2.24, 2.45) is 0 Å². The number of allylic oxidation sites excluding steroid dienone is 1. The molecule has 0 aromatic rings. The molecule has 0 aromatic heterocycles. The molecule has 0 radical (unpaired) electrons. The van der Waals surface area contributed by atoms with E-state index in [1.54, 1.807) is 0 Å². The molecule has 0 atom stereocenters. The quantitative estimate of drug-likeness (QED) is 0.511. The zero-order valence-corrected chi connectivity index (χ0v) is 4.73. The van der Waals surface area contributed by atoms with Crippen LogP contribution in [-0.4, -0.2) is 0 Å². The van der Waals surface area contributed by atoms with Gasteiger partial charge in [0.2, 0.25) is 0 Å². The summed E-state index contributed by atoms with van der Waals surface area (Å²) in [7, 11) is 0. The van der Waals surface area contributed by atoms with Gasteiger partial charge in [0.15, 0.2) is 0 Å². The van der Waals surface area contributed by atoms with Crippen molar-refractivity contribution < 1.29 is 19.2 Å². The van der Waals surface area contributed by atoms with Crippen LogP contribution in [0.1, 0.15) is 13.3 Å². The average Bonchev–Trinajstić information content (AvgIpc) is 1.41. The van der Waals surface area contributed by atoms with Crippen molar-refractivity contribution >= 4 is 0 Å². The molecule has 0 nitrogen and oxygen atoms in total. The molecular formula is C4H7Pd-. The topological polar surface area (TPSA) is 0 Å². The Morgan fingerprint density at radius 2 is 2.40 bits per heavy atom. The Kier molecular flexibility index (Phi) is 4.76. The third kappa shape index (κ3) is 4.40. The Hall–Kier alpha value is 0.402. The fourth-order valence-electron chi connectivity index (χ4n) is 0.0745. The van der Waals surface area contributed by atoms with Crippen LogP contribution >= 0.6 is 0 Å². The van der Waals surface area contributed by atoms with Crippen molar-refractivity contribution in [1.29, 1.82) is 0 Å². The van der Waals surface area contributed by atoms with Gasteiger partial charge < -0.3 is 0 Å². The van der Waals surface area contributed by atoms with Crippen molar-refractivity contribution in [1.82, 2.24) is 0 Å². The summed E-state index contributed by atoms with van der Waals surface area (Å²) in [5, 5.41) is 0. The van der Waals surface area contributed by atoms with E-state index >= 15 is 0 Å². The summed E-state index contributed by atoms with van der Waals surface area (Å²) in [6.45, 7) is 2.10. The molecule has 0 unspecified atom stereocenters. The molecule has 0 saturated heterocycles. The van der Waals surface area contributed by atoms with E-state index in [0.717, 1.165) is 6.42 Å². The number of rotatable bonds is 1. The van der Waals surface area contributed by atoms with Crippen molar-refractivity contribution in [3.05, 3.63) is 10.6 Å². The van der Waals surface area contributed by atoms with Gasteiger partial charge in [-0.25, -0.2) is 0 Å². The SMILES string of the molecule is CCC=[CH][Pd-]. The summed E-state index contributed by atoms with van der Waals surface area (Å²) >= 11 is 2.91. The predicted molar refractivity (Wildman–Crippen MR) is 19.4 cm³/mol. The van der Waals surface area contributed by atoms with Gasteiger partial charge >= 0.3 is 43.2 Å². The molecule has 0 aromatic carbocycles. The van der Waals surface area contributed by atoms with Gasteiger partial charge in [0.1, 0.15) is 0 Å². The molecule has 1 heteroatoms. The van der Waals surface area contributed by atoms with Crippen molar-refractivity contribution in [2.75, 3.05) is 0 Å². The molecule has 5 heavy (non-hydrogen) atoms. The van der Waals surface area contributed by atoms with E-state index in [1.807, 2.05) is 4.55 Å². The van der Waals surface area contributed by atoms with E-state index < -0.39 is 0 Å². The van der Waals surface area contributed by atoms with Crippen LogP contribution < -0.4 is 0 Å². The molecule has 0 spiro atoms. The van der Waals surface area contributed by atoms with Gasteiger partial charge in [-0.15, -0.1) is 0 Å². The molecule has 0 amide bonds. The Labute approximate surface area is 43.7 Å². The molecule has 0 aliphatic rings. The van der Waals surface area contributed by atoms with Gasteiger partial charge in [-0.05, 0) is 0 Å². The monoisotopic (exact) mass is 161 g/mol. The van der Waals surface area contributed by atoms with Crippen LogP contribution in [0.4, 0.5) is 0 Å². The maximum atomic E-state index is 2.91. The Morgan fingerprint density at radius 3 is 2.40 bits per heavy atom. The average molecular weight is 162 g/mol. The predicted octanol–water partition coefficient (Wildman–Crippen LogP) is 1.46. The maximum absolute atomic E-state index is 2.91. The minimum absolute atomic E-state index is 1.13. The summed E-state index contributed by atoms with van der Waals surface area (Å²) in [5.74, 6) is 0. The molecule has 0 aliphatic heterocycles. The number of hydrogen-bond donors (Lipinski definition) is 0. The van der Waals surface area contributed by atoms with Crippen LogP contribution in [-0.2, 0) is 19.2 Å². The molecule has 34 valence electrons. The van der Waals surface area contributed by atoms with E-state index in [4.69, 9.17) is 0 Å². The van der Waals surface area contributed by atoms with Gasteiger partial charge in [0.25, 0.3) is 0 Å². The van der Waals surface area contributed by atoms with Crippen LogP contribution in [0.25, 0.3) is 0 Å². The minimum atomic E-state index is 1.13. The summed E-state index contributed by atoms with van der Waals surface area (Å²) in [6.07, 6.45) is 3.18. The van der Waals surface area contributed by atoms with Crippen molar-refractivity contribution in [3.8, 4) is 0 Å². The number of hydrogen-bond acceptors (Lipinski definition) is 0. The second-order valence-corrected chi connectivity index (χ2v) is 1.27. The standard InChI is InChI=1S/C4H7.Pd/c1-3-4-2;/h1,3H,4H2,2H3;/q;-1. The fourth-order valence-corrected chi connectivity index (χ4v) is 0.441. The van der Waals surface area contributed by atoms with Gasteiger partial charge in [-0.2, -0.15) is 0 Å². The molecule has 0 saturated carbocycles. The molecule has 0 bridgehead atoms.